The van der Waals surface area contributed by atoms with Crippen LogP contribution < -0.4 is 10.5 Å². The molecule has 0 spiro atoms. The van der Waals surface area contributed by atoms with Crippen molar-refractivity contribution in [2.24, 2.45) is 11.7 Å². The Bertz CT molecular complexity index is 754. The maximum absolute atomic E-state index is 13.0. The van der Waals surface area contributed by atoms with E-state index in [1.807, 2.05) is 53.4 Å². The highest BCUT2D eigenvalue weighted by Crippen LogP contribution is 2.28. The lowest BCUT2D eigenvalue weighted by atomic mass is 10.1. The number of carbonyl (C=O) groups excluding carboxylic acids is 1. The van der Waals surface area contributed by atoms with Crippen molar-refractivity contribution in [3.8, 4) is 5.75 Å². The van der Waals surface area contributed by atoms with E-state index in [0.29, 0.717) is 41.9 Å². The summed E-state index contributed by atoms with van der Waals surface area (Å²) in [5.41, 5.74) is 7.25. The van der Waals surface area contributed by atoms with E-state index in [-0.39, 0.29) is 24.4 Å². The molecule has 2 unspecified atom stereocenters. The Kier molecular flexibility index (Phi) is 7.33. The molecule has 0 aliphatic carbocycles. The van der Waals surface area contributed by atoms with Gasteiger partial charge in [-0.3, -0.25) is 4.79 Å². The summed E-state index contributed by atoms with van der Waals surface area (Å²) in [5.74, 6) is 0.948. The number of hydrogen-bond acceptors (Lipinski definition) is 3. The molecule has 0 bridgehead atoms. The lowest BCUT2D eigenvalue weighted by Crippen LogP contribution is -2.34. The van der Waals surface area contributed by atoms with Gasteiger partial charge < -0.3 is 15.4 Å². The first-order valence-electron chi connectivity index (χ1n) is 8.56. The van der Waals surface area contributed by atoms with Crippen molar-refractivity contribution < 1.29 is 9.53 Å². The molecule has 2 atom stereocenters. The zero-order valence-corrected chi connectivity index (χ0v) is 16.3. The molecule has 140 valence electrons. The van der Waals surface area contributed by atoms with Crippen molar-refractivity contribution in [3.05, 3.63) is 64.7 Å². The quantitative estimate of drug-likeness (QED) is 0.828. The predicted molar refractivity (Wildman–Crippen MR) is 107 cm³/mol. The fourth-order valence-corrected chi connectivity index (χ4v) is 3.48. The Morgan fingerprint density at radius 1 is 1.23 bits per heavy atom. The van der Waals surface area contributed by atoms with Crippen LogP contribution in [0.15, 0.2) is 48.5 Å². The third-order valence-corrected chi connectivity index (χ3v) is 5.08. The Labute approximate surface area is 165 Å². The lowest BCUT2D eigenvalue weighted by Gasteiger charge is -2.23. The topological polar surface area (TPSA) is 55.6 Å². The van der Waals surface area contributed by atoms with Crippen LogP contribution in [0.4, 0.5) is 0 Å². The number of hydrogen-bond donors (Lipinski definition) is 1. The minimum atomic E-state index is -0.00166. The fourth-order valence-electron chi connectivity index (χ4n) is 3.29. The van der Waals surface area contributed by atoms with Crippen molar-refractivity contribution in [2.75, 3.05) is 13.1 Å². The van der Waals surface area contributed by atoms with Crippen molar-refractivity contribution in [1.82, 2.24) is 4.90 Å². The van der Waals surface area contributed by atoms with Crippen LogP contribution in [0.2, 0.25) is 5.02 Å². The molecule has 2 N–H and O–H groups in total. The normalized spacial score (nSPS) is 19.1. The second kappa shape index (κ2) is 9.26. The first-order chi connectivity index (χ1) is 12.1. The van der Waals surface area contributed by atoms with Crippen LogP contribution in [0.5, 0.6) is 5.75 Å². The summed E-state index contributed by atoms with van der Waals surface area (Å²) in [7, 11) is 0. The lowest BCUT2D eigenvalue weighted by molar-refractivity contribution is 0.0738. The van der Waals surface area contributed by atoms with Crippen LogP contribution in [0, 0.1) is 5.92 Å². The van der Waals surface area contributed by atoms with Crippen LogP contribution in [-0.4, -0.2) is 29.9 Å². The fraction of sp³-hybridized carbons (Fsp3) is 0.350. The van der Waals surface area contributed by atoms with Crippen molar-refractivity contribution in [1.29, 1.82) is 0 Å². The Morgan fingerprint density at radius 3 is 2.62 bits per heavy atom. The van der Waals surface area contributed by atoms with E-state index in [1.165, 1.54) is 0 Å². The predicted octanol–water partition coefficient (Wildman–Crippen LogP) is 4.15. The maximum atomic E-state index is 13.0. The molecule has 1 aliphatic rings. The third-order valence-electron chi connectivity index (χ3n) is 4.71. The average Bonchev–Trinajstić information content (AvgIpc) is 3.01. The van der Waals surface area contributed by atoms with Gasteiger partial charge in [0, 0.05) is 23.2 Å². The molecule has 0 saturated carbocycles. The molecule has 2 aromatic carbocycles. The number of nitrogens with zero attached hydrogens (tertiary/aromatic N) is 1. The summed E-state index contributed by atoms with van der Waals surface area (Å²) in [6.45, 7) is 3.71. The van der Waals surface area contributed by atoms with Gasteiger partial charge in [0.25, 0.3) is 5.91 Å². The molecule has 3 rings (SSSR count). The zero-order chi connectivity index (χ0) is 17.8. The van der Waals surface area contributed by atoms with Gasteiger partial charge >= 0.3 is 0 Å². The molecule has 1 aliphatic heterocycles. The smallest absolute Gasteiger partial charge is 0.257 e. The van der Waals surface area contributed by atoms with E-state index in [1.54, 1.807) is 0 Å². The van der Waals surface area contributed by atoms with Gasteiger partial charge in [0.05, 0.1) is 5.56 Å². The monoisotopic (exact) mass is 394 g/mol. The number of para-hydroxylation sites is 1. The number of carbonyl (C=O) groups is 1. The molecular formula is C20H24Cl2N2O2. The van der Waals surface area contributed by atoms with Crippen LogP contribution in [0.3, 0.4) is 0 Å². The number of amides is 1. The molecule has 1 saturated heterocycles. The first kappa shape index (κ1) is 20.6. The Hall–Kier alpha value is -1.75. The van der Waals surface area contributed by atoms with Gasteiger partial charge in [-0.15, -0.1) is 12.4 Å². The summed E-state index contributed by atoms with van der Waals surface area (Å²) < 4.78 is 5.92. The Morgan fingerprint density at radius 2 is 1.92 bits per heavy atom. The van der Waals surface area contributed by atoms with Crippen LogP contribution >= 0.6 is 24.0 Å². The summed E-state index contributed by atoms with van der Waals surface area (Å²) in [6, 6.07) is 15.1. The molecule has 1 amide bonds. The minimum Gasteiger partial charge on any atom is -0.488 e. The van der Waals surface area contributed by atoms with E-state index >= 15 is 0 Å². The second-order valence-corrected chi connectivity index (χ2v) is 6.93. The van der Waals surface area contributed by atoms with Gasteiger partial charge in [-0.2, -0.15) is 0 Å². The number of benzene rings is 2. The van der Waals surface area contributed by atoms with Crippen LogP contribution in [-0.2, 0) is 6.61 Å². The van der Waals surface area contributed by atoms with E-state index in [4.69, 9.17) is 22.1 Å². The molecule has 6 heteroatoms. The third kappa shape index (κ3) is 4.50. The Balaban J connectivity index is 0.00000243. The van der Waals surface area contributed by atoms with Crippen molar-refractivity contribution in [3.63, 3.8) is 0 Å². The molecule has 0 aromatic heterocycles. The minimum absolute atomic E-state index is 0. The molecule has 1 fully saturated rings. The number of halogens is 2. The van der Waals surface area contributed by atoms with E-state index in [9.17, 15) is 4.79 Å². The zero-order valence-electron chi connectivity index (χ0n) is 14.7. The highest BCUT2D eigenvalue weighted by Gasteiger charge is 2.33. The number of ether oxygens (including phenoxy) is 1. The molecule has 0 radical (unpaired) electrons. The highest BCUT2D eigenvalue weighted by molar-refractivity contribution is 6.31. The SMILES string of the molecule is CC1CC(CN)CN1C(=O)c1ccccc1OCc1ccccc1Cl.Cl. The largest absolute Gasteiger partial charge is 0.488 e. The first-order valence-corrected chi connectivity index (χ1v) is 8.94. The number of likely N-dealkylation sites (tertiary alicyclic amines) is 1. The molecule has 4 nitrogen and oxygen atoms in total. The number of rotatable bonds is 5. The van der Waals surface area contributed by atoms with E-state index < -0.39 is 0 Å². The molecular weight excluding hydrogens is 371 g/mol. The van der Waals surface area contributed by atoms with E-state index in [0.717, 1.165) is 12.0 Å². The second-order valence-electron chi connectivity index (χ2n) is 6.52. The van der Waals surface area contributed by atoms with Crippen molar-refractivity contribution in [2.45, 2.75) is 26.0 Å². The van der Waals surface area contributed by atoms with Gasteiger partial charge in [-0.05, 0) is 44.0 Å². The van der Waals surface area contributed by atoms with Gasteiger partial charge in [0.1, 0.15) is 12.4 Å². The maximum Gasteiger partial charge on any atom is 0.257 e. The van der Waals surface area contributed by atoms with Gasteiger partial charge in [0.2, 0.25) is 0 Å². The van der Waals surface area contributed by atoms with Gasteiger partial charge in [-0.25, -0.2) is 0 Å². The summed E-state index contributed by atoms with van der Waals surface area (Å²) in [6.07, 6.45) is 0.949. The number of nitrogens with two attached hydrogens (primary N) is 1. The molecule has 26 heavy (non-hydrogen) atoms. The summed E-state index contributed by atoms with van der Waals surface area (Å²) in [5, 5.41) is 0.658. The van der Waals surface area contributed by atoms with Crippen LogP contribution in [0.25, 0.3) is 0 Å². The van der Waals surface area contributed by atoms with Crippen LogP contribution in [0.1, 0.15) is 29.3 Å². The van der Waals surface area contributed by atoms with Gasteiger partial charge in [0.15, 0.2) is 0 Å². The average molecular weight is 395 g/mol. The van der Waals surface area contributed by atoms with Gasteiger partial charge in [-0.1, -0.05) is 41.9 Å². The summed E-state index contributed by atoms with van der Waals surface area (Å²) in [4.78, 5) is 14.9. The van der Waals surface area contributed by atoms with Crippen molar-refractivity contribution >= 4 is 29.9 Å². The standard InChI is InChI=1S/C20H23ClN2O2.ClH/c1-14-10-15(11-22)12-23(14)20(24)17-7-3-5-9-19(17)25-13-16-6-2-4-8-18(16)21;/h2-9,14-15H,10-13,22H2,1H3;1H. The van der Waals surface area contributed by atoms with E-state index in [2.05, 4.69) is 6.92 Å². The highest BCUT2D eigenvalue weighted by atomic mass is 35.5. The molecule has 1 heterocycles. The summed E-state index contributed by atoms with van der Waals surface area (Å²) >= 11 is 6.18. The molecule has 2 aromatic rings.